The quantitative estimate of drug-likeness (QED) is 0.736. The van der Waals surface area contributed by atoms with Crippen LogP contribution in [0.1, 0.15) is 10.4 Å². The van der Waals surface area contributed by atoms with Gasteiger partial charge in [0.2, 0.25) is 5.91 Å². The maximum Gasteiger partial charge on any atom is 0.246 e. The number of amides is 1. The molecule has 0 radical (unpaired) electrons. The van der Waals surface area contributed by atoms with Crippen LogP contribution in [-0.4, -0.2) is 32.1 Å². The van der Waals surface area contributed by atoms with Gasteiger partial charge in [0.05, 0.1) is 25.1 Å². The molecule has 122 valence electrons. The number of benzene rings is 1. The van der Waals surface area contributed by atoms with E-state index in [9.17, 15) is 4.79 Å². The molecule has 2 aromatic rings. The summed E-state index contributed by atoms with van der Waals surface area (Å²) in [4.78, 5) is 14.9. The van der Waals surface area contributed by atoms with Crippen molar-refractivity contribution >= 4 is 34.9 Å². The minimum atomic E-state index is -0.0978. The van der Waals surface area contributed by atoms with E-state index in [0.717, 1.165) is 14.8 Å². The van der Waals surface area contributed by atoms with Gasteiger partial charge < -0.3 is 14.4 Å². The Morgan fingerprint density at radius 1 is 1.26 bits per heavy atom. The third-order valence-electron chi connectivity index (χ3n) is 3.24. The maximum absolute atomic E-state index is 12.2. The molecule has 6 heteroatoms. The Hall–Kier alpha value is -1.98. The van der Waals surface area contributed by atoms with Gasteiger partial charge in [-0.2, -0.15) is 0 Å². The van der Waals surface area contributed by atoms with E-state index in [2.05, 4.69) is 0 Å². The molecule has 0 N–H and O–H groups in total. The van der Waals surface area contributed by atoms with Gasteiger partial charge in [0.1, 0.15) is 11.5 Å². The standard InChI is InChI=1S/C17H18ClNO3S/c1-19(11-14-6-8-16(18)23-14)17(20)9-4-12-10-13(21-2)5-7-15(12)22-3/h4-10H,11H2,1-3H3/b9-4+. The topological polar surface area (TPSA) is 38.8 Å². The van der Waals surface area contributed by atoms with Crippen LogP contribution < -0.4 is 9.47 Å². The van der Waals surface area contributed by atoms with Crippen molar-refractivity contribution in [2.24, 2.45) is 0 Å². The van der Waals surface area contributed by atoms with Gasteiger partial charge in [0, 0.05) is 23.6 Å². The molecule has 0 aliphatic carbocycles. The minimum absolute atomic E-state index is 0.0978. The molecular formula is C17H18ClNO3S. The summed E-state index contributed by atoms with van der Waals surface area (Å²) in [6.07, 6.45) is 3.24. The third-order valence-corrected chi connectivity index (χ3v) is 4.46. The van der Waals surface area contributed by atoms with Crippen LogP contribution in [0.15, 0.2) is 36.4 Å². The highest BCUT2D eigenvalue weighted by molar-refractivity contribution is 7.16. The lowest BCUT2D eigenvalue weighted by Gasteiger charge is -2.14. The van der Waals surface area contributed by atoms with Gasteiger partial charge >= 0.3 is 0 Å². The number of carbonyl (C=O) groups excluding carboxylic acids is 1. The van der Waals surface area contributed by atoms with E-state index >= 15 is 0 Å². The van der Waals surface area contributed by atoms with Crippen molar-refractivity contribution in [1.82, 2.24) is 4.90 Å². The predicted octanol–water partition coefficient (Wildman–Crippen LogP) is 4.09. The largest absolute Gasteiger partial charge is 0.497 e. The number of methoxy groups -OCH3 is 2. The number of halogens is 1. The van der Waals surface area contributed by atoms with Crippen LogP contribution in [0.3, 0.4) is 0 Å². The van der Waals surface area contributed by atoms with Gasteiger partial charge in [-0.05, 0) is 36.4 Å². The van der Waals surface area contributed by atoms with Crippen molar-refractivity contribution < 1.29 is 14.3 Å². The molecule has 0 aliphatic rings. The van der Waals surface area contributed by atoms with Crippen molar-refractivity contribution in [2.75, 3.05) is 21.3 Å². The number of likely N-dealkylation sites (N-methyl/N-ethyl adjacent to an activating group) is 1. The summed E-state index contributed by atoms with van der Waals surface area (Å²) >= 11 is 7.37. The second kappa shape index (κ2) is 8.04. The molecule has 0 atom stereocenters. The van der Waals surface area contributed by atoms with E-state index < -0.39 is 0 Å². The maximum atomic E-state index is 12.2. The number of hydrogen-bond donors (Lipinski definition) is 0. The highest BCUT2D eigenvalue weighted by atomic mass is 35.5. The summed E-state index contributed by atoms with van der Waals surface area (Å²) < 4.78 is 11.2. The number of thiophene rings is 1. The molecule has 0 bridgehead atoms. The van der Waals surface area contributed by atoms with Gasteiger partial charge in [0.15, 0.2) is 0 Å². The molecule has 0 aliphatic heterocycles. The summed E-state index contributed by atoms with van der Waals surface area (Å²) in [5.74, 6) is 1.29. The number of carbonyl (C=O) groups is 1. The number of hydrogen-bond acceptors (Lipinski definition) is 4. The first-order valence-corrected chi connectivity index (χ1v) is 8.12. The lowest BCUT2D eigenvalue weighted by atomic mass is 10.1. The third kappa shape index (κ3) is 4.74. The van der Waals surface area contributed by atoms with Crippen LogP contribution in [0.2, 0.25) is 4.34 Å². The smallest absolute Gasteiger partial charge is 0.246 e. The number of nitrogens with zero attached hydrogens (tertiary/aromatic N) is 1. The van der Waals surface area contributed by atoms with Gasteiger partial charge in [0.25, 0.3) is 0 Å². The van der Waals surface area contributed by atoms with E-state index in [1.807, 2.05) is 24.3 Å². The first-order chi connectivity index (χ1) is 11.0. The first kappa shape index (κ1) is 17.4. The zero-order chi connectivity index (χ0) is 16.8. The monoisotopic (exact) mass is 351 g/mol. The van der Waals surface area contributed by atoms with Crippen LogP contribution in [0.25, 0.3) is 6.08 Å². The van der Waals surface area contributed by atoms with E-state index in [1.54, 1.807) is 38.3 Å². The molecule has 1 heterocycles. The molecule has 0 fully saturated rings. The Kier molecular flexibility index (Phi) is 6.07. The van der Waals surface area contributed by atoms with Gasteiger partial charge in [-0.3, -0.25) is 4.79 Å². The van der Waals surface area contributed by atoms with Crippen LogP contribution in [0.4, 0.5) is 0 Å². The fraction of sp³-hybridized carbons (Fsp3) is 0.235. The average Bonchev–Trinajstić information content (AvgIpc) is 2.96. The fourth-order valence-corrected chi connectivity index (χ4v) is 3.15. The van der Waals surface area contributed by atoms with Crippen molar-refractivity contribution in [2.45, 2.75) is 6.54 Å². The van der Waals surface area contributed by atoms with E-state index in [1.165, 1.54) is 17.4 Å². The Bertz CT molecular complexity index is 712. The molecular weight excluding hydrogens is 334 g/mol. The molecule has 0 saturated heterocycles. The zero-order valence-corrected chi connectivity index (χ0v) is 14.8. The zero-order valence-electron chi connectivity index (χ0n) is 13.2. The second-order valence-corrected chi connectivity index (χ2v) is 6.64. The fourth-order valence-electron chi connectivity index (χ4n) is 2.01. The summed E-state index contributed by atoms with van der Waals surface area (Å²) in [7, 11) is 4.94. The number of ether oxygens (including phenoxy) is 2. The predicted molar refractivity (Wildman–Crippen MR) is 94.4 cm³/mol. The molecule has 23 heavy (non-hydrogen) atoms. The van der Waals surface area contributed by atoms with Crippen molar-refractivity contribution in [3.05, 3.63) is 51.2 Å². The van der Waals surface area contributed by atoms with Crippen LogP contribution in [0.5, 0.6) is 11.5 Å². The van der Waals surface area contributed by atoms with E-state index in [-0.39, 0.29) is 5.91 Å². The normalized spacial score (nSPS) is 10.8. The summed E-state index contributed by atoms with van der Waals surface area (Å²) in [5.41, 5.74) is 0.785. The Balaban J connectivity index is 2.08. The molecule has 1 amide bonds. The molecule has 1 aromatic heterocycles. The lowest BCUT2D eigenvalue weighted by molar-refractivity contribution is -0.125. The Morgan fingerprint density at radius 2 is 2.04 bits per heavy atom. The highest BCUT2D eigenvalue weighted by Crippen LogP contribution is 2.25. The second-order valence-electron chi connectivity index (χ2n) is 4.84. The Labute approximate surface area is 144 Å². The minimum Gasteiger partial charge on any atom is -0.497 e. The molecule has 4 nitrogen and oxygen atoms in total. The number of rotatable bonds is 6. The molecule has 0 saturated carbocycles. The Morgan fingerprint density at radius 3 is 2.65 bits per heavy atom. The average molecular weight is 352 g/mol. The highest BCUT2D eigenvalue weighted by Gasteiger charge is 2.08. The molecule has 0 spiro atoms. The van der Waals surface area contributed by atoms with Gasteiger partial charge in [-0.15, -0.1) is 11.3 Å². The SMILES string of the molecule is COc1ccc(OC)c(/C=C/C(=O)N(C)Cc2ccc(Cl)s2)c1. The molecule has 0 unspecified atom stereocenters. The summed E-state index contributed by atoms with van der Waals surface area (Å²) in [5, 5.41) is 0. The van der Waals surface area contributed by atoms with E-state index in [0.29, 0.717) is 18.0 Å². The molecule has 1 aromatic carbocycles. The summed E-state index contributed by atoms with van der Waals surface area (Å²) in [6, 6.07) is 9.19. The van der Waals surface area contributed by atoms with Crippen LogP contribution in [0, 0.1) is 0 Å². The molecule has 2 rings (SSSR count). The van der Waals surface area contributed by atoms with Gasteiger partial charge in [-0.25, -0.2) is 0 Å². The first-order valence-electron chi connectivity index (χ1n) is 6.93. The van der Waals surface area contributed by atoms with Crippen LogP contribution >= 0.6 is 22.9 Å². The van der Waals surface area contributed by atoms with Crippen molar-refractivity contribution in [1.29, 1.82) is 0 Å². The summed E-state index contributed by atoms with van der Waals surface area (Å²) in [6.45, 7) is 0.524. The van der Waals surface area contributed by atoms with Crippen molar-refractivity contribution in [3.8, 4) is 11.5 Å². The van der Waals surface area contributed by atoms with E-state index in [4.69, 9.17) is 21.1 Å². The lowest BCUT2D eigenvalue weighted by Crippen LogP contribution is -2.23. The van der Waals surface area contributed by atoms with Gasteiger partial charge in [-0.1, -0.05) is 11.6 Å². The van der Waals surface area contributed by atoms with Crippen LogP contribution in [-0.2, 0) is 11.3 Å². The van der Waals surface area contributed by atoms with Crippen molar-refractivity contribution in [3.63, 3.8) is 0 Å².